The third-order valence-electron chi connectivity index (χ3n) is 3.46. The van der Waals surface area contributed by atoms with Gasteiger partial charge >= 0.3 is 0 Å². The lowest BCUT2D eigenvalue weighted by atomic mass is 9.81. The average molecular weight is 220 g/mol. The number of benzene rings is 1. The summed E-state index contributed by atoms with van der Waals surface area (Å²) >= 11 is 0. The van der Waals surface area contributed by atoms with Crippen molar-refractivity contribution in [2.75, 3.05) is 0 Å². The molecule has 0 spiro atoms. The van der Waals surface area contributed by atoms with Crippen LogP contribution in [-0.2, 0) is 0 Å². The van der Waals surface area contributed by atoms with Crippen LogP contribution in [-0.4, -0.2) is 5.78 Å². The maximum atomic E-state index is 13.4. The highest BCUT2D eigenvalue weighted by Crippen LogP contribution is 2.30. The third kappa shape index (κ3) is 2.16. The minimum absolute atomic E-state index is 0.163. The molecule has 1 nitrogen and oxygen atoms in total. The minimum atomic E-state index is -0.194. The first-order valence-electron chi connectivity index (χ1n) is 5.88. The summed E-state index contributed by atoms with van der Waals surface area (Å²) in [4.78, 5) is 11.9. The molecule has 86 valence electrons. The standard InChI is InChI=1S/C14H17FO/c1-9-6-12(7-10(2)14(9)15)13(16)8-11-4-3-5-11/h6-7,11H,3-5,8H2,1-2H3. The normalized spacial score (nSPS) is 15.9. The molecule has 1 aromatic rings. The fourth-order valence-electron chi connectivity index (χ4n) is 2.18. The molecule has 0 atom stereocenters. The van der Waals surface area contributed by atoms with Gasteiger partial charge < -0.3 is 0 Å². The van der Waals surface area contributed by atoms with Crippen molar-refractivity contribution in [1.82, 2.24) is 0 Å². The van der Waals surface area contributed by atoms with Gasteiger partial charge in [-0.05, 0) is 43.0 Å². The molecule has 1 fully saturated rings. The zero-order chi connectivity index (χ0) is 11.7. The van der Waals surface area contributed by atoms with E-state index in [9.17, 15) is 9.18 Å². The number of halogens is 1. The minimum Gasteiger partial charge on any atom is -0.294 e. The Morgan fingerprint density at radius 3 is 2.31 bits per heavy atom. The summed E-state index contributed by atoms with van der Waals surface area (Å²) in [6.07, 6.45) is 4.22. The van der Waals surface area contributed by atoms with Crippen LogP contribution in [0, 0.1) is 25.6 Å². The fourth-order valence-corrected chi connectivity index (χ4v) is 2.18. The van der Waals surface area contributed by atoms with Crippen molar-refractivity contribution in [1.29, 1.82) is 0 Å². The highest BCUT2D eigenvalue weighted by atomic mass is 19.1. The van der Waals surface area contributed by atoms with Crippen molar-refractivity contribution in [2.45, 2.75) is 39.5 Å². The molecule has 0 saturated heterocycles. The lowest BCUT2D eigenvalue weighted by Crippen LogP contribution is -2.16. The Labute approximate surface area is 95.7 Å². The lowest BCUT2D eigenvalue weighted by molar-refractivity contribution is 0.0936. The topological polar surface area (TPSA) is 17.1 Å². The second-order valence-electron chi connectivity index (χ2n) is 4.85. The van der Waals surface area contributed by atoms with Crippen molar-refractivity contribution in [3.05, 3.63) is 34.6 Å². The van der Waals surface area contributed by atoms with Crippen LogP contribution in [0.1, 0.15) is 47.2 Å². The summed E-state index contributed by atoms with van der Waals surface area (Å²) in [5.41, 5.74) is 1.80. The Bertz CT molecular complexity index is 396. The van der Waals surface area contributed by atoms with Crippen molar-refractivity contribution >= 4 is 5.78 Å². The van der Waals surface area contributed by atoms with Gasteiger partial charge in [-0.1, -0.05) is 19.3 Å². The molecule has 1 aromatic carbocycles. The first-order valence-corrected chi connectivity index (χ1v) is 5.88. The van der Waals surface area contributed by atoms with Gasteiger partial charge in [0.15, 0.2) is 5.78 Å². The molecular weight excluding hydrogens is 203 g/mol. The van der Waals surface area contributed by atoms with E-state index in [4.69, 9.17) is 0 Å². The number of aryl methyl sites for hydroxylation is 2. The quantitative estimate of drug-likeness (QED) is 0.708. The summed E-state index contributed by atoms with van der Waals surface area (Å²) in [5, 5.41) is 0. The highest BCUT2D eigenvalue weighted by molar-refractivity contribution is 5.96. The van der Waals surface area contributed by atoms with Gasteiger partial charge in [-0.3, -0.25) is 4.79 Å². The largest absolute Gasteiger partial charge is 0.294 e. The van der Waals surface area contributed by atoms with E-state index in [1.165, 1.54) is 19.3 Å². The first kappa shape index (κ1) is 11.3. The zero-order valence-electron chi connectivity index (χ0n) is 9.85. The Hall–Kier alpha value is -1.18. The van der Waals surface area contributed by atoms with Crippen LogP contribution < -0.4 is 0 Å². The van der Waals surface area contributed by atoms with Crippen LogP contribution in [0.4, 0.5) is 4.39 Å². The van der Waals surface area contributed by atoms with Crippen molar-refractivity contribution in [3.8, 4) is 0 Å². The molecule has 0 aromatic heterocycles. The molecule has 1 aliphatic rings. The predicted octanol–water partition coefficient (Wildman–Crippen LogP) is 3.82. The summed E-state index contributed by atoms with van der Waals surface area (Å²) < 4.78 is 13.4. The smallest absolute Gasteiger partial charge is 0.163 e. The second kappa shape index (κ2) is 4.36. The molecule has 0 aliphatic heterocycles. The van der Waals surface area contributed by atoms with Crippen LogP contribution >= 0.6 is 0 Å². The first-order chi connectivity index (χ1) is 7.58. The van der Waals surface area contributed by atoms with Gasteiger partial charge in [-0.15, -0.1) is 0 Å². The molecule has 1 saturated carbocycles. The van der Waals surface area contributed by atoms with Crippen molar-refractivity contribution in [3.63, 3.8) is 0 Å². The molecule has 2 heteroatoms. The molecule has 0 heterocycles. The van der Waals surface area contributed by atoms with E-state index >= 15 is 0 Å². The van der Waals surface area contributed by atoms with Crippen LogP contribution in [0.5, 0.6) is 0 Å². The van der Waals surface area contributed by atoms with E-state index in [1.807, 2.05) is 0 Å². The number of hydrogen-bond acceptors (Lipinski definition) is 1. The number of carbonyl (C=O) groups is 1. The van der Waals surface area contributed by atoms with E-state index in [1.54, 1.807) is 26.0 Å². The molecule has 0 bridgehead atoms. The number of rotatable bonds is 3. The number of carbonyl (C=O) groups excluding carboxylic acids is 1. The molecule has 2 rings (SSSR count). The van der Waals surface area contributed by atoms with Gasteiger partial charge in [0, 0.05) is 12.0 Å². The summed E-state index contributed by atoms with van der Waals surface area (Å²) in [6.45, 7) is 3.42. The summed E-state index contributed by atoms with van der Waals surface area (Å²) in [6, 6.07) is 3.34. The molecule has 16 heavy (non-hydrogen) atoms. The third-order valence-corrected chi connectivity index (χ3v) is 3.46. The van der Waals surface area contributed by atoms with Crippen LogP contribution in [0.3, 0.4) is 0 Å². The molecule has 0 N–H and O–H groups in total. The monoisotopic (exact) mass is 220 g/mol. The zero-order valence-corrected chi connectivity index (χ0v) is 9.85. The molecule has 0 radical (unpaired) electrons. The molecule has 0 amide bonds. The van der Waals surface area contributed by atoms with Gasteiger partial charge in [0.25, 0.3) is 0 Å². The van der Waals surface area contributed by atoms with Crippen molar-refractivity contribution < 1.29 is 9.18 Å². The van der Waals surface area contributed by atoms with Crippen molar-refractivity contribution in [2.24, 2.45) is 5.92 Å². The Morgan fingerprint density at radius 1 is 1.31 bits per heavy atom. The van der Waals surface area contributed by atoms with E-state index in [0.29, 0.717) is 29.0 Å². The SMILES string of the molecule is Cc1cc(C(=O)CC2CCC2)cc(C)c1F. The van der Waals surface area contributed by atoms with Gasteiger partial charge in [0.2, 0.25) is 0 Å². The molecule has 1 aliphatic carbocycles. The van der Waals surface area contributed by atoms with Gasteiger partial charge in [-0.2, -0.15) is 0 Å². The predicted molar refractivity (Wildman–Crippen MR) is 62.2 cm³/mol. The van der Waals surface area contributed by atoms with E-state index in [0.717, 1.165) is 0 Å². The van der Waals surface area contributed by atoms with E-state index in [-0.39, 0.29) is 11.6 Å². The Morgan fingerprint density at radius 2 is 1.88 bits per heavy atom. The summed E-state index contributed by atoms with van der Waals surface area (Å²) in [7, 11) is 0. The highest BCUT2D eigenvalue weighted by Gasteiger charge is 2.21. The van der Waals surface area contributed by atoms with Crippen LogP contribution in [0.25, 0.3) is 0 Å². The fraction of sp³-hybridized carbons (Fsp3) is 0.500. The number of Topliss-reactive ketones (excluding diaryl/α,β-unsaturated/α-hetero) is 1. The molecular formula is C14H17FO. The molecule has 0 unspecified atom stereocenters. The van der Waals surface area contributed by atoms with Gasteiger partial charge in [0.1, 0.15) is 5.82 Å². The summed E-state index contributed by atoms with van der Waals surface area (Å²) in [5.74, 6) is 0.536. The Kier molecular flexibility index (Phi) is 3.08. The van der Waals surface area contributed by atoms with Crippen LogP contribution in [0.15, 0.2) is 12.1 Å². The lowest BCUT2D eigenvalue weighted by Gasteiger charge is -2.24. The average Bonchev–Trinajstić information content (AvgIpc) is 2.19. The maximum Gasteiger partial charge on any atom is 0.163 e. The number of ketones is 1. The maximum absolute atomic E-state index is 13.4. The van der Waals surface area contributed by atoms with E-state index in [2.05, 4.69) is 0 Å². The van der Waals surface area contributed by atoms with Gasteiger partial charge in [0.05, 0.1) is 0 Å². The number of hydrogen-bond donors (Lipinski definition) is 0. The Balaban J connectivity index is 2.16. The van der Waals surface area contributed by atoms with Crippen LogP contribution in [0.2, 0.25) is 0 Å². The van der Waals surface area contributed by atoms with Gasteiger partial charge in [-0.25, -0.2) is 4.39 Å². The second-order valence-corrected chi connectivity index (χ2v) is 4.85. The van der Waals surface area contributed by atoms with E-state index < -0.39 is 0 Å².